The predicted octanol–water partition coefficient (Wildman–Crippen LogP) is 3.12. The van der Waals surface area contributed by atoms with Gasteiger partial charge in [-0.05, 0) is 56.5 Å². The van der Waals surface area contributed by atoms with Crippen molar-refractivity contribution in [2.24, 2.45) is 0 Å². The second kappa shape index (κ2) is 8.75. The summed E-state index contributed by atoms with van der Waals surface area (Å²) in [7, 11) is -2.25. The largest absolute Gasteiger partial charge is 0.378 e. The highest BCUT2D eigenvalue weighted by Crippen LogP contribution is 2.23. The summed E-state index contributed by atoms with van der Waals surface area (Å²) >= 11 is 0. The van der Waals surface area contributed by atoms with Crippen molar-refractivity contribution < 1.29 is 17.9 Å². The Morgan fingerprint density at radius 1 is 1.21 bits per heavy atom. The number of rotatable bonds is 7. The third-order valence-corrected chi connectivity index (χ3v) is 6.71. The van der Waals surface area contributed by atoms with E-state index in [9.17, 15) is 13.2 Å². The average molecular weight is 403 g/mol. The number of nitrogens with one attached hydrogen (secondary N) is 1. The summed E-state index contributed by atoms with van der Waals surface area (Å²) in [6.07, 6.45) is 3.05. The van der Waals surface area contributed by atoms with Gasteiger partial charge in [-0.3, -0.25) is 9.10 Å². The van der Waals surface area contributed by atoms with Gasteiger partial charge in [-0.2, -0.15) is 0 Å². The zero-order chi connectivity index (χ0) is 20.1. The zero-order valence-corrected chi connectivity index (χ0v) is 17.0. The van der Waals surface area contributed by atoms with Gasteiger partial charge in [0, 0.05) is 25.8 Å². The number of amides is 1. The molecular weight excluding hydrogens is 376 g/mol. The Kier molecular flexibility index (Phi) is 6.36. The molecule has 1 fully saturated rings. The van der Waals surface area contributed by atoms with E-state index in [1.165, 1.54) is 23.5 Å². The number of anilines is 1. The first-order valence-corrected chi connectivity index (χ1v) is 10.9. The summed E-state index contributed by atoms with van der Waals surface area (Å²) in [5.41, 5.74) is 1.94. The highest BCUT2D eigenvalue weighted by molar-refractivity contribution is 7.92. The lowest BCUT2D eigenvalue weighted by atomic mass is 10.1. The minimum Gasteiger partial charge on any atom is -0.378 e. The first kappa shape index (κ1) is 20.4. The van der Waals surface area contributed by atoms with Crippen molar-refractivity contribution in [2.45, 2.75) is 37.2 Å². The highest BCUT2D eigenvalue weighted by atomic mass is 32.2. The van der Waals surface area contributed by atoms with Crippen LogP contribution in [0, 0.1) is 6.92 Å². The SMILES string of the molecule is Cc1ccc(N(C)S(=O)(=O)c2cccc(C(=O)NCCC3CCCO3)c2)cc1. The summed E-state index contributed by atoms with van der Waals surface area (Å²) in [5, 5.41) is 2.84. The molecule has 0 radical (unpaired) electrons. The molecule has 1 N–H and O–H groups in total. The molecule has 0 aliphatic carbocycles. The van der Waals surface area contributed by atoms with Crippen molar-refractivity contribution in [1.82, 2.24) is 5.32 Å². The molecule has 1 amide bonds. The number of carbonyl (C=O) groups is 1. The van der Waals surface area contributed by atoms with Gasteiger partial charge in [0.2, 0.25) is 0 Å². The number of carbonyl (C=O) groups excluding carboxylic acids is 1. The van der Waals surface area contributed by atoms with Crippen molar-refractivity contribution in [1.29, 1.82) is 0 Å². The Bertz CT molecular complexity index is 920. The van der Waals surface area contributed by atoms with Gasteiger partial charge in [0.1, 0.15) is 0 Å². The monoisotopic (exact) mass is 402 g/mol. The first-order chi connectivity index (χ1) is 13.4. The Labute approximate surface area is 166 Å². The molecule has 1 aliphatic heterocycles. The normalized spacial score (nSPS) is 16.7. The van der Waals surface area contributed by atoms with E-state index < -0.39 is 10.0 Å². The molecule has 6 nitrogen and oxygen atoms in total. The Balaban J connectivity index is 1.70. The predicted molar refractivity (Wildman–Crippen MR) is 109 cm³/mol. The summed E-state index contributed by atoms with van der Waals surface area (Å²) < 4.78 is 32.7. The smallest absolute Gasteiger partial charge is 0.264 e. The minimum absolute atomic E-state index is 0.0855. The van der Waals surface area contributed by atoms with E-state index >= 15 is 0 Å². The average Bonchev–Trinajstić information content (AvgIpc) is 3.21. The van der Waals surface area contributed by atoms with Crippen LogP contribution in [0.25, 0.3) is 0 Å². The van der Waals surface area contributed by atoms with Gasteiger partial charge in [0.15, 0.2) is 0 Å². The van der Waals surface area contributed by atoms with E-state index in [0.29, 0.717) is 17.8 Å². The topological polar surface area (TPSA) is 75.7 Å². The van der Waals surface area contributed by atoms with Gasteiger partial charge in [0.25, 0.3) is 15.9 Å². The quantitative estimate of drug-likeness (QED) is 0.772. The van der Waals surface area contributed by atoms with Crippen LogP contribution in [0.4, 0.5) is 5.69 Å². The van der Waals surface area contributed by atoms with Crippen LogP contribution in [0.5, 0.6) is 0 Å². The number of hydrogen-bond donors (Lipinski definition) is 1. The summed E-state index contributed by atoms with van der Waals surface area (Å²) in [5.74, 6) is -0.284. The van der Waals surface area contributed by atoms with Crippen molar-refractivity contribution in [3.05, 3.63) is 59.7 Å². The number of aryl methyl sites for hydroxylation is 1. The fraction of sp³-hybridized carbons (Fsp3) is 0.381. The Morgan fingerprint density at radius 2 is 1.96 bits per heavy atom. The highest BCUT2D eigenvalue weighted by Gasteiger charge is 2.22. The third kappa shape index (κ3) is 4.72. The van der Waals surface area contributed by atoms with Crippen LogP contribution in [-0.2, 0) is 14.8 Å². The van der Waals surface area contributed by atoms with Gasteiger partial charge in [-0.25, -0.2) is 8.42 Å². The zero-order valence-electron chi connectivity index (χ0n) is 16.2. The molecule has 7 heteroatoms. The summed E-state index contributed by atoms with van der Waals surface area (Å²) in [6.45, 7) is 3.23. The van der Waals surface area contributed by atoms with E-state index in [-0.39, 0.29) is 16.9 Å². The maximum Gasteiger partial charge on any atom is 0.264 e. The molecule has 0 aromatic heterocycles. The molecule has 0 spiro atoms. The molecule has 2 aromatic rings. The standard InChI is InChI=1S/C21H26N2O4S/c1-16-8-10-18(11-9-16)23(2)28(25,26)20-7-3-5-17(15-20)21(24)22-13-12-19-6-4-14-27-19/h3,5,7-11,15,19H,4,6,12-14H2,1-2H3,(H,22,24). The van der Waals surface area contributed by atoms with Gasteiger partial charge in [-0.1, -0.05) is 23.8 Å². The molecule has 28 heavy (non-hydrogen) atoms. The third-order valence-electron chi connectivity index (χ3n) is 4.93. The second-order valence-corrected chi connectivity index (χ2v) is 8.98. The fourth-order valence-electron chi connectivity index (χ4n) is 3.17. The number of nitrogens with zero attached hydrogens (tertiary/aromatic N) is 1. The molecule has 1 aliphatic rings. The van der Waals surface area contributed by atoms with Gasteiger partial charge < -0.3 is 10.1 Å². The number of hydrogen-bond acceptors (Lipinski definition) is 4. The molecule has 3 rings (SSSR count). The van der Waals surface area contributed by atoms with E-state index in [4.69, 9.17) is 4.74 Å². The lowest BCUT2D eigenvalue weighted by Gasteiger charge is -2.20. The summed E-state index contributed by atoms with van der Waals surface area (Å²) in [6, 6.07) is 13.4. The van der Waals surface area contributed by atoms with Gasteiger partial charge >= 0.3 is 0 Å². The van der Waals surface area contributed by atoms with Crippen LogP contribution < -0.4 is 9.62 Å². The minimum atomic E-state index is -3.76. The molecule has 0 saturated carbocycles. The van der Waals surface area contributed by atoms with Crippen molar-refractivity contribution in [2.75, 3.05) is 24.5 Å². The van der Waals surface area contributed by atoms with Crippen molar-refractivity contribution in [3.63, 3.8) is 0 Å². The van der Waals surface area contributed by atoms with Crippen LogP contribution in [0.1, 0.15) is 35.2 Å². The van der Waals surface area contributed by atoms with Crippen molar-refractivity contribution in [3.8, 4) is 0 Å². The molecule has 150 valence electrons. The summed E-state index contributed by atoms with van der Waals surface area (Å²) in [4.78, 5) is 12.5. The number of benzene rings is 2. The maximum absolute atomic E-state index is 13.0. The van der Waals surface area contributed by atoms with Gasteiger partial charge in [0.05, 0.1) is 16.7 Å². The first-order valence-electron chi connectivity index (χ1n) is 9.43. The molecule has 1 saturated heterocycles. The van der Waals surface area contributed by atoms with Crippen LogP contribution in [-0.4, -0.2) is 40.6 Å². The number of ether oxygens (including phenoxy) is 1. The molecule has 1 atom stereocenters. The molecule has 0 bridgehead atoms. The molecule has 1 heterocycles. The maximum atomic E-state index is 13.0. The molecule has 2 aromatic carbocycles. The van der Waals surface area contributed by atoms with E-state index in [2.05, 4.69) is 5.32 Å². The Morgan fingerprint density at radius 3 is 2.64 bits per heavy atom. The van der Waals surface area contributed by atoms with Crippen molar-refractivity contribution >= 4 is 21.6 Å². The van der Waals surface area contributed by atoms with Crippen LogP contribution in [0.3, 0.4) is 0 Å². The second-order valence-electron chi connectivity index (χ2n) is 7.02. The van der Waals surface area contributed by atoms with Gasteiger partial charge in [-0.15, -0.1) is 0 Å². The van der Waals surface area contributed by atoms with E-state index in [1.54, 1.807) is 24.3 Å². The molecule has 1 unspecified atom stereocenters. The Hall–Kier alpha value is -2.38. The molecular formula is C21H26N2O4S. The van der Waals surface area contributed by atoms with Crippen LogP contribution >= 0.6 is 0 Å². The van der Waals surface area contributed by atoms with E-state index in [0.717, 1.165) is 31.4 Å². The fourth-order valence-corrected chi connectivity index (χ4v) is 4.41. The van der Waals surface area contributed by atoms with Crippen LogP contribution in [0.15, 0.2) is 53.4 Å². The number of sulfonamides is 1. The lowest BCUT2D eigenvalue weighted by Crippen LogP contribution is -2.28. The lowest BCUT2D eigenvalue weighted by molar-refractivity contribution is 0.0907. The van der Waals surface area contributed by atoms with E-state index in [1.807, 2.05) is 19.1 Å². The van der Waals surface area contributed by atoms with Crippen LogP contribution in [0.2, 0.25) is 0 Å².